The van der Waals surface area contributed by atoms with E-state index in [1.54, 1.807) is 12.3 Å². The third-order valence-corrected chi connectivity index (χ3v) is 4.93. The molecule has 1 aromatic heterocycles. The number of rotatable bonds is 5. The third kappa shape index (κ3) is 4.31. The quantitative estimate of drug-likeness (QED) is 0.663. The molecule has 1 aliphatic rings. The fraction of sp³-hybridized carbons (Fsp3) is 0.217. The van der Waals surface area contributed by atoms with Crippen LogP contribution < -0.4 is 15.5 Å². The summed E-state index contributed by atoms with van der Waals surface area (Å²) < 4.78 is 0. The fourth-order valence-electron chi connectivity index (χ4n) is 3.33. The van der Waals surface area contributed by atoms with Crippen molar-refractivity contribution >= 4 is 28.7 Å². The Morgan fingerprint density at radius 3 is 2.14 bits per heavy atom. The zero-order valence-corrected chi connectivity index (χ0v) is 16.0. The Balaban J connectivity index is 1.37. The molecule has 142 valence electrons. The molecule has 0 spiro atoms. The molecule has 5 nitrogen and oxygen atoms in total. The molecule has 1 aliphatic heterocycles. The number of anilines is 4. The van der Waals surface area contributed by atoms with Crippen LogP contribution in [0.2, 0.25) is 0 Å². The summed E-state index contributed by atoms with van der Waals surface area (Å²) in [6.07, 6.45) is 4.23. The van der Waals surface area contributed by atoms with Crippen LogP contribution in [0.25, 0.3) is 0 Å². The number of benzene rings is 2. The van der Waals surface area contributed by atoms with Gasteiger partial charge in [-0.1, -0.05) is 17.7 Å². The lowest BCUT2D eigenvalue weighted by molar-refractivity contribution is 0.102. The topological polar surface area (TPSA) is 57.3 Å². The molecular formula is C23H24N4O. The maximum absolute atomic E-state index is 12.3. The van der Waals surface area contributed by atoms with E-state index in [4.69, 9.17) is 0 Å². The Kier molecular flexibility index (Phi) is 5.24. The van der Waals surface area contributed by atoms with Crippen LogP contribution in [-0.2, 0) is 0 Å². The fourth-order valence-corrected chi connectivity index (χ4v) is 3.33. The van der Waals surface area contributed by atoms with Crippen LogP contribution in [0.3, 0.4) is 0 Å². The van der Waals surface area contributed by atoms with Crippen LogP contribution >= 0.6 is 0 Å². The second-order valence-electron chi connectivity index (χ2n) is 7.12. The SMILES string of the molecule is Cc1ccc(NC(=O)c2ccc(Nc3ccc(N4CCCC4)cc3)cn2)cc1. The Hall–Kier alpha value is -3.34. The molecule has 0 aliphatic carbocycles. The number of hydrogen-bond acceptors (Lipinski definition) is 4. The van der Waals surface area contributed by atoms with Crippen LogP contribution in [0, 0.1) is 6.92 Å². The number of nitrogens with one attached hydrogen (secondary N) is 2. The molecule has 2 N–H and O–H groups in total. The van der Waals surface area contributed by atoms with Gasteiger partial charge in [0, 0.05) is 30.2 Å². The normalized spacial score (nSPS) is 13.4. The van der Waals surface area contributed by atoms with E-state index in [9.17, 15) is 4.79 Å². The average molecular weight is 372 g/mol. The van der Waals surface area contributed by atoms with E-state index in [1.165, 1.54) is 18.5 Å². The van der Waals surface area contributed by atoms with Gasteiger partial charge in [0.25, 0.3) is 5.91 Å². The smallest absolute Gasteiger partial charge is 0.274 e. The van der Waals surface area contributed by atoms with Gasteiger partial charge >= 0.3 is 0 Å². The number of aryl methyl sites for hydroxylation is 1. The van der Waals surface area contributed by atoms with Gasteiger partial charge in [-0.3, -0.25) is 4.79 Å². The van der Waals surface area contributed by atoms with Crippen molar-refractivity contribution in [2.24, 2.45) is 0 Å². The number of aromatic nitrogens is 1. The Bertz CT molecular complexity index is 928. The first-order chi connectivity index (χ1) is 13.7. The van der Waals surface area contributed by atoms with Gasteiger partial charge in [-0.2, -0.15) is 0 Å². The lowest BCUT2D eigenvalue weighted by atomic mass is 10.2. The van der Waals surface area contributed by atoms with Gasteiger partial charge < -0.3 is 15.5 Å². The summed E-state index contributed by atoms with van der Waals surface area (Å²) in [5.41, 5.74) is 5.42. The Morgan fingerprint density at radius 1 is 0.857 bits per heavy atom. The largest absolute Gasteiger partial charge is 0.372 e. The van der Waals surface area contributed by atoms with Gasteiger partial charge in [-0.15, -0.1) is 0 Å². The molecule has 0 saturated carbocycles. The maximum atomic E-state index is 12.3. The zero-order chi connectivity index (χ0) is 19.3. The number of pyridine rings is 1. The van der Waals surface area contributed by atoms with Crippen molar-refractivity contribution in [3.63, 3.8) is 0 Å². The van der Waals surface area contributed by atoms with Crippen molar-refractivity contribution in [2.45, 2.75) is 19.8 Å². The summed E-state index contributed by atoms with van der Waals surface area (Å²) in [7, 11) is 0. The minimum atomic E-state index is -0.217. The predicted octanol–water partition coefficient (Wildman–Crippen LogP) is 4.99. The molecule has 1 amide bonds. The first-order valence-corrected chi connectivity index (χ1v) is 9.63. The van der Waals surface area contributed by atoms with E-state index in [2.05, 4.69) is 44.8 Å². The highest BCUT2D eigenvalue weighted by Crippen LogP contribution is 2.24. The lowest BCUT2D eigenvalue weighted by Gasteiger charge is -2.18. The minimum Gasteiger partial charge on any atom is -0.372 e. The molecular weight excluding hydrogens is 348 g/mol. The number of hydrogen-bond donors (Lipinski definition) is 2. The molecule has 5 heteroatoms. The molecule has 2 aromatic carbocycles. The van der Waals surface area contributed by atoms with E-state index >= 15 is 0 Å². The van der Waals surface area contributed by atoms with Gasteiger partial charge in [0.05, 0.1) is 11.9 Å². The second-order valence-corrected chi connectivity index (χ2v) is 7.12. The van der Waals surface area contributed by atoms with E-state index in [1.807, 2.05) is 37.3 Å². The standard InChI is InChI=1S/C23H24N4O/c1-17-4-6-19(7-5-17)26-23(28)22-13-10-20(16-24-22)25-18-8-11-21(12-9-18)27-14-2-3-15-27/h4-13,16,25H,2-3,14-15H2,1H3,(H,26,28). The first-order valence-electron chi connectivity index (χ1n) is 9.63. The summed E-state index contributed by atoms with van der Waals surface area (Å²) in [4.78, 5) is 19.0. The molecule has 2 heterocycles. The van der Waals surface area contributed by atoms with E-state index in [0.29, 0.717) is 5.69 Å². The minimum absolute atomic E-state index is 0.217. The van der Waals surface area contributed by atoms with Crippen LogP contribution in [0.5, 0.6) is 0 Å². The first kappa shape index (κ1) is 18.0. The number of carbonyl (C=O) groups is 1. The molecule has 0 unspecified atom stereocenters. The van der Waals surface area contributed by atoms with E-state index in [0.717, 1.165) is 35.7 Å². The van der Waals surface area contributed by atoms with Crippen molar-refractivity contribution in [3.8, 4) is 0 Å². The third-order valence-electron chi connectivity index (χ3n) is 4.93. The molecule has 1 fully saturated rings. The predicted molar refractivity (Wildman–Crippen MR) is 115 cm³/mol. The number of carbonyl (C=O) groups excluding carboxylic acids is 1. The highest BCUT2D eigenvalue weighted by molar-refractivity contribution is 6.02. The van der Waals surface area contributed by atoms with Crippen molar-refractivity contribution in [3.05, 3.63) is 78.1 Å². The highest BCUT2D eigenvalue weighted by atomic mass is 16.1. The number of amides is 1. The molecule has 0 bridgehead atoms. The summed E-state index contributed by atoms with van der Waals surface area (Å²) in [5, 5.41) is 6.19. The molecule has 0 atom stereocenters. The van der Waals surface area contributed by atoms with Gasteiger partial charge in [-0.25, -0.2) is 4.98 Å². The van der Waals surface area contributed by atoms with Crippen molar-refractivity contribution < 1.29 is 4.79 Å². The van der Waals surface area contributed by atoms with Gasteiger partial charge in [0.1, 0.15) is 5.69 Å². The lowest BCUT2D eigenvalue weighted by Crippen LogP contribution is -2.17. The second kappa shape index (κ2) is 8.13. The van der Waals surface area contributed by atoms with Gasteiger partial charge in [0.2, 0.25) is 0 Å². The molecule has 0 radical (unpaired) electrons. The average Bonchev–Trinajstić information content (AvgIpc) is 3.26. The van der Waals surface area contributed by atoms with Crippen molar-refractivity contribution in [1.29, 1.82) is 0 Å². The number of nitrogens with zero attached hydrogens (tertiary/aromatic N) is 2. The van der Waals surface area contributed by atoms with Gasteiger partial charge in [-0.05, 0) is 68.3 Å². The Morgan fingerprint density at radius 2 is 1.50 bits per heavy atom. The molecule has 28 heavy (non-hydrogen) atoms. The summed E-state index contributed by atoms with van der Waals surface area (Å²) in [6, 6.07) is 19.7. The molecule has 4 rings (SSSR count). The van der Waals surface area contributed by atoms with Crippen molar-refractivity contribution in [2.75, 3.05) is 28.6 Å². The highest BCUT2D eigenvalue weighted by Gasteiger charge is 2.12. The van der Waals surface area contributed by atoms with Gasteiger partial charge in [0.15, 0.2) is 0 Å². The van der Waals surface area contributed by atoms with Crippen LogP contribution in [0.1, 0.15) is 28.9 Å². The summed E-state index contributed by atoms with van der Waals surface area (Å²) >= 11 is 0. The van der Waals surface area contributed by atoms with E-state index < -0.39 is 0 Å². The van der Waals surface area contributed by atoms with Crippen LogP contribution in [0.15, 0.2) is 66.9 Å². The summed E-state index contributed by atoms with van der Waals surface area (Å²) in [6.45, 7) is 4.30. The van der Waals surface area contributed by atoms with Crippen LogP contribution in [0.4, 0.5) is 22.7 Å². The van der Waals surface area contributed by atoms with E-state index in [-0.39, 0.29) is 5.91 Å². The summed E-state index contributed by atoms with van der Waals surface area (Å²) in [5.74, 6) is -0.217. The monoisotopic (exact) mass is 372 g/mol. The zero-order valence-electron chi connectivity index (χ0n) is 16.0. The maximum Gasteiger partial charge on any atom is 0.274 e. The molecule has 1 saturated heterocycles. The molecule has 3 aromatic rings. The van der Waals surface area contributed by atoms with Crippen molar-refractivity contribution in [1.82, 2.24) is 4.98 Å². The van der Waals surface area contributed by atoms with Crippen LogP contribution in [-0.4, -0.2) is 24.0 Å². The Labute approximate surface area is 165 Å².